The van der Waals surface area contributed by atoms with Gasteiger partial charge in [-0.1, -0.05) is 0 Å². The average Bonchev–Trinajstić information content (AvgIpc) is 3.34. The van der Waals surface area contributed by atoms with Gasteiger partial charge >= 0.3 is 0 Å². The maximum Gasteiger partial charge on any atom is 0.254 e. The molecule has 1 saturated heterocycles. The largest absolute Gasteiger partial charge is 0.394 e. The van der Waals surface area contributed by atoms with Crippen LogP contribution in [-0.2, 0) is 4.74 Å². The molecule has 142 valence electrons. The number of hydrogen-bond donors (Lipinski definition) is 4. The Hall–Kier alpha value is -2.93. The Kier molecular flexibility index (Phi) is 4.11. The van der Waals surface area contributed by atoms with Crippen molar-refractivity contribution in [2.24, 2.45) is 0 Å². The van der Waals surface area contributed by atoms with Gasteiger partial charge in [-0.2, -0.15) is 15.1 Å². The Labute approximate surface area is 151 Å². The second-order valence-corrected chi connectivity index (χ2v) is 6.19. The van der Waals surface area contributed by atoms with E-state index in [2.05, 4.69) is 20.1 Å². The van der Waals surface area contributed by atoms with Gasteiger partial charge in [-0.25, -0.2) is 9.67 Å². The molecule has 1 aliphatic heterocycles. The lowest BCUT2D eigenvalue weighted by atomic mass is 10.1. The number of carbonyl (C=O) groups is 1. The van der Waals surface area contributed by atoms with Crippen molar-refractivity contribution in [3.05, 3.63) is 24.3 Å². The highest BCUT2D eigenvalue weighted by Crippen LogP contribution is 2.32. The van der Waals surface area contributed by atoms with Crippen molar-refractivity contribution in [2.45, 2.75) is 31.5 Å². The summed E-state index contributed by atoms with van der Waals surface area (Å²) in [7, 11) is 0. The van der Waals surface area contributed by atoms with Crippen LogP contribution in [0.5, 0.6) is 0 Å². The van der Waals surface area contributed by atoms with Gasteiger partial charge in [-0.3, -0.25) is 9.36 Å². The van der Waals surface area contributed by atoms with Crippen LogP contribution < -0.4 is 5.73 Å². The predicted octanol–water partition coefficient (Wildman–Crippen LogP) is -1.59. The van der Waals surface area contributed by atoms with Crippen LogP contribution in [-0.4, -0.2) is 75.3 Å². The van der Waals surface area contributed by atoms with Gasteiger partial charge in [0.25, 0.3) is 5.95 Å². The molecule has 4 atom stereocenters. The first-order chi connectivity index (χ1) is 12.9. The summed E-state index contributed by atoms with van der Waals surface area (Å²) in [6.45, 7) is 0.960. The van der Waals surface area contributed by atoms with E-state index in [1.807, 2.05) is 0 Å². The van der Waals surface area contributed by atoms with Gasteiger partial charge in [0, 0.05) is 6.20 Å². The van der Waals surface area contributed by atoms with E-state index in [4.69, 9.17) is 10.5 Å². The molecule has 1 unspecified atom stereocenters. The van der Waals surface area contributed by atoms with Crippen molar-refractivity contribution in [3.63, 3.8) is 0 Å². The van der Waals surface area contributed by atoms with Crippen molar-refractivity contribution in [3.8, 4) is 5.95 Å². The molecular weight excluding hydrogens is 358 g/mol. The topological polar surface area (TPSA) is 174 Å². The van der Waals surface area contributed by atoms with Gasteiger partial charge in [-0.15, -0.1) is 0 Å². The van der Waals surface area contributed by atoms with Crippen LogP contribution >= 0.6 is 0 Å². The number of fused-ring (bicyclic) bond motifs is 1. The number of ketones is 1. The highest BCUT2D eigenvalue weighted by molar-refractivity contribution is 5.93. The third-order valence-electron chi connectivity index (χ3n) is 4.42. The maximum atomic E-state index is 11.5. The van der Waals surface area contributed by atoms with Crippen molar-refractivity contribution < 1.29 is 24.9 Å². The molecule has 4 rings (SSSR count). The SMILES string of the molecule is CC(=O)c1cnn(-c2nc(N)c3ncn(C4O[C@@H](CO)[C@H](O)[C@@H]4O)c3n2)c1. The second kappa shape index (κ2) is 6.35. The fourth-order valence-corrected chi connectivity index (χ4v) is 2.94. The summed E-state index contributed by atoms with van der Waals surface area (Å²) < 4.78 is 8.20. The minimum absolute atomic E-state index is 0.0698. The number of Topliss-reactive ketones (excluding diaryl/α,β-unsaturated/α-hetero) is 1. The lowest BCUT2D eigenvalue weighted by Gasteiger charge is -2.16. The van der Waals surface area contributed by atoms with Crippen molar-refractivity contribution in [1.82, 2.24) is 29.3 Å². The zero-order valence-corrected chi connectivity index (χ0v) is 14.2. The third kappa shape index (κ3) is 2.75. The molecule has 1 aliphatic rings. The quantitative estimate of drug-likeness (QED) is 0.389. The lowest BCUT2D eigenvalue weighted by Crippen LogP contribution is -2.33. The van der Waals surface area contributed by atoms with E-state index < -0.39 is 31.1 Å². The first-order valence-corrected chi connectivity index (χ1v) is 8.09. The summed E-state index contributed by atoms with van der Waals surface area (Å²) in [6.07, 6.45) is -0.316. The van der Waals surface area contributed by atoms with Crippen LogP contribution in [0.25, 0.3) is 17.1 Å². The summed E-state index contributed by atoms with van der Waals surface area (Å²) in [5.74, 6) is 0.00761. The fraction of sp³-hybridized carbons (Fsp3) is 0.400. The molecule has 0 aromatic carbocycles. The van der Waals surface area contributed by atoms with Gasteiger partial charge in [-0.05, 0) is 6.92 Å². The van der Waals surface area contributed by atoms with Gasteiger partial charge in [0.2, 0.25) is 0 Å². The summed E-state index contributed by atoms with van der Waals surface area (Å²) in [4.78, 5) is 24.1. The Morgan fingerprint density at radius 3 is 2.74 bits per heavy atom. The molecular formula is C15H17N7O5. The molecule has 0 aliphatic carbocycles. The number of carbonyl (C=O) groups excluding carboxylic acids is 1. The first-order valence-electron chi connectivity index (χ1n) is 8.09. The Morgan fingerprint density at radius 2 is 2.11 bits per heavy atom. The number of anilines is 1. The Bertz CT molecular complexity index is 1020. The van der Waals surface area contributed by atoms with E-state index in [1.165, 1.54) is 34.9 Å². The van der Waals surface area contributed by atoms with Crippen LogP contribution in [0.4, 0.5) is 5.82 Å². The smallest absolute Gasteiger partial charge is 0.254 e. The Morgan fingerprint density at radius 1 is 1.33 bits per heavy atom. The molecule has 0 bridgehead atoms. The van der Waals surface area contributed by atoms with E-state index in [1.54, 1.807) is 0 Å². The highest BCUT2D eigenvalue weighted by atomic mass is 16.6. The number of aromatic nitrogens is 6. The zero-order chi connectivity index (χ0) is 19.3. The molecule has 12 heteroatoms. The number of aliphatic hydroxyl groups excluding tert-OH is 3. The van der Waals surface area contributed by atoms with Crippen LogP contribution in [0.2, 0.25) is 0 Å². The van der Waals surface area contributed by atoms with Gasteiger partial charge < -0.3 is 25.8 Å². The van der Waals surface area contributed by atoms with Gasteiger partial charge in [0.15, 0.2) is 23.5 Å². The lowest BCUT2D eigenvalue weighted by molar-refractivity contribution is -0.0511. The molecule has 0 amide bonds. The maximum absolute atomic E-state index is 11.5. The summed E-state index contributed by atoms with van der Waals surface area (Å²) in [5.41, 5.74) is 6.86. The van der Waals surface area contributed by atoms with E-state index in [0.29, 0.717) is 5.56 Å². The molecule has 4 heterocycles. The van der Waals surface area contributed by atoms with Crippen molar-refractivity contribution >= 4 is 22.8 Å². The molecule has 12 nitrogen and oxygen atoms in total. The molecule has 0 radical (unpaired) electrons. The molecule has 27 heavy (non-hydrogen) atoms. The summed E-state index contributed by atoms with van der Waals surface area (Å²) in [5, 5.41) is 33.5. The summed E-state index contributed by atoms with van der Waals surface area (Å²) >= 11 is 0. The number of nitrogens with two attached hydrogens (primary N) is 1. The molecule has 3 aromatic rings. The van der Waals surface area contributed by atoms with E-state index in [9.17, 15) is 20.1 Å². The summed E-state index contributed by atoms with van der Waals surface area (Å²) in [6, 6.07) is 0. The predicted molar refractivity (Wildman–Crippen MR) is 89.9 cm³/mol. The fourth-order valence-electron chi connectivity index (χ4n) is 2.94. The van der Waals surface area contributed by atoms with Crippen molar-refractivity contribution in [1.29, 1.82) is 0 Å². The van der Waals surface area contributed by atoms with Gasteiger partial charge in [0.1, 0.15) is 23.8 Å². The minimum Gasteiger partial charge on any atom is -0.394 e. The van der Waals surface area contributed by atoms with E-state index in [-0.39, 0.29) is 28.7 Å². The number of rotatable bonds is 4. The number of ether oxygens (including phenoxy) is 1. The molecule has 5 N–H and O–H groups in total. The highest BCUT2D eigenvalue weighted by Gasteiger charge is 2.44. The monoisotopic (exact) mass is 375 g/mol. The first kappa shape index (κ1) is 17.5. The minimum atomic E-state index is -1.30. The normalized spacial score (nSPS) is 25.3. The van der Waals surface area contributed by atoms with Crippen molar-refractivity contribution in [2.75, 3.05) is 12.3 Å². The van der Waals surface area contributed by atoms with Crippen LogP contribution in [0.15, 0.2) is 18.7 Å². The van der Waals surface area contributed by atoms with Crippen LogP contribution in [0.1, 0.15) is 23.5 Å². The number of imidazole rings is 1. The molecule has 1 fully saturated rings. The average molecular weight is 375 g/mol. The standard InChI is InChI=1S/C15H17N7O5/c1-6(24)7-2-18-22(3-7)15-19-12(16)9-13(20-15)21(5-17-9)14-11(26)10(25)8(4-23)27-14/h2-3,5,8,10-11,14,23,25-26H,4H2,1H3,(H2,16,19,20)/t8-,10-,11-,14?/m0/s1. The van der Waals surface area contributed by atoms with Gasteiger partial charge in [0.05, 0.1) is 24.7 Å². The molecule has 0 saturated carbocycles. The number of nitrogens with zero attached hydrogens (tertiary/aromatic N) is 6. The van der Waals surface area contributed by atoms with E-state index >= 15 is 0 Å². The number of hydrogen-bond acceptors (Lipinski definition) is 10. The number of aliphatic hydroxyl groups is 3. The van der Waals surface area contributed by atoms with Crippen LogP contribution in [0, 0.1) is 0 Å². The zero-order valence-electron chi connectivity index (χ0n) is 14.2. The molecule has 0 spiro atoms. The van der Waals surface area contributed by atoms with E-state index in [0.717, 1.165) is 0 Å². The van der Waals surface area contributed by atoms with Crippen LogP contribution in [0.3, 0.4) is 0 Å². The molecule has 3 aromatic heterocycles. The number of nitrogen functional groups attached to an aromatic ring is 1. The second-order valence-electron chi connectivity index (χ2n) is 6.19. The third-order valence-corrected chi connectivity index (χ3v) is 4.42. The Balaban J connectivity index is 1.80.